The predicted molar refractivity (Wildman–Crippen MR) is 116 cm³/mol. The van der Waals surface area contributed by atoms with Gasteiger partial charge in [-0.2, -0.15) is 5.10 Å². The van der Waals surface area contributed by atoms with Crippen LogP contribution in [0.15, 0.2) is 29.4 Å². The summed E-state index contributed by atoms with van der Waals surface area (Å²) in [7, 11) is 0. The molecule has 2 aromatic rings. The molecule has 0 saturated carbocycles. The van der Waals surface area contributed by atoms with Gasteiger partial charge in [-0.15, -0.1) is 0 Å². The molecule has 0 atom stereocenters. The Morgan fingerprint density at radius 3 is 2.31 bits per heavy atom. The molecule has 1 N–H and O–H groups in total. The molecule has 0 unspecified atom stereocenters. The Hall–Kier alpha value is -2.89. The summed E-state index contributed by atoms with van der Waals surface area (Å²) in [6.45, 7) is 9.56. The van der Waals surface area contributed by atoms with Crippen molar-refractivity contribution < 1.29 is 9.59 Å². The molecular weight excluding hydrogens is 364 g/mol. The van der Waals surface area contributed by atoms with Crippen molar-refractivity contribution in [3.63, 3.8) is 0 Å². The summed E-state index contributed by atoms with van der Waals surface area (Å²) in [5, 5.41) is 4.04. The number of benzene rings is 1. The van der Waals surface area contributed by atoms with Crippen LogP contribution in [0.25, 0.3) is 5.69 Å². The lowest BCUT2D eigenvalue weighted by Gasteiger charge is -2.18. The smallest absolute Gasteiger partial charge is 0.329 e. The summed E-state index contributed by atoms with van der Waals surface area (Å²) in [5.41, 5.74) is 9.01. The number of carbonyl (C=O) groups is 2. The van der Waals surface area contributed by atoms with E-state index in [1.165, 1.54) is 11.1 Å². The van der Waals surface area contributed by atoms with E-state index >= 15 is 0 Å². The van der Waals surface area contributed by atoms with Crippen LogP contribution in [-0.2, 0) is 9.59 Å². The number of rotatable bonds is 3. The maximum absolute atomic E-state index is 12.3. The maximum Gasteiger partial charge on any atom is 0.329 e. The number of likely N-dealkylation sites (tertiary alicyclic amines) is 1. The Labute approximate surface area is 172 Å². The number of aromatic nitrogens is 1. The van der Waals surface area contributed by atoms with Crippen molar-refractivity contribution >= 4 is 18.0 Å². The zero-order chi connectivity index (χ0) is 21.0. The first-order valence-electron chi connectivity index (χ1n) is 10.3. The third kappa shape index (κ3) is 4.75. The van der Waals surface area contributed by atoms with Gasteiger partial charge < -0.3 is 9.47 Å². The molecule has 1 fully saturated rings. The molecule has 1 aromatic heterocycles. The van der Waals surface area contributed by atoms with Crippen LogP contribution in [0.3, 0.4) is 0 Å². The molecule has 6 nitrogen and oxygen atoms in total. The molecule has 0 spiro atoms. The number of amides is 2. The number of hydrogen-bond acceptors (Lipinski definition) is 3. The van der Waals surface area contributed by atoms with Crippen LogP contribution in [0.1, 0.15) is 53.8 Å². The fourth-order valence-electron chi connectivity index (χ4n) is 3.81. The summed E-state index contributed by atoms with van der Waals surface area (Å²) in [6.07, 6.45) is 5.73. The van der Waals surface area contributed by atoms with Crippen LogP contribution in [0.2, 0.25) is 0 Å². The first kappa shape index (κ1) is 20.8. The Kier molecular flexibility index (Phi) is 6.52. The van der Waals surface area contributed by atoms with E-state index in [0.717, 1.165) is 48.3 Å². The molecule has 0 radical (unpaired) electrons. The minimum atomic E-state index is -0.675. The van der Waals surface area contributed by atoms with Crippen molar-refractivity contribution in [1.29, 1.82) is 0 Å². The summed E-state index contributed by atoms with van der Waals surface area (Å²) < 4.78 is 2.16. The Morgan fingerprint density at radius 2 is 1.66 bits per heavy atom. The molecule has 1 aliphatic rings. The monoisotopic (exact) mass is 394 g/mol. The van der Waals surface area contributed by atoms with E-state index in [4.69, 9.17) is 0 Å². The number of carbonyl (C=O) groups excluding carboxylic acids is 2. The molecule has 1 aliphatic heterocycles. The topological polar surface area (TPSA) is 66.7 Å². The van der Waals surface area contributed by atoms with Gasteiger partial charge in [-0.05, 0) is 69.9 Å². The first-order chi connectivity index (χ1) is 13.9. The molecular formula is C23H30N4O2. The highest BCUT2D eigenvalue weighted by Crippen LogP contribution is 2.21. The van der Waals surface area contributed by atoms with Gasteiger partial charge in [0, 0.05) is 35.7 Å². The van der Waals surface area contributed by atoms with Crippen LogP contribution in [-0.4, -0.2) is 40.6 Å². The van der Waals surface area contributed by atoms with Crippen LogP contribution >= 0.6 is 0 Å². The van der Waals surface area contributed by atoms with Crippen LogP contribution in [0.4, 0.5) is 0 Å². The molecule has 0 aliphatic carbocycles. The van der Waals surface area contributed by atoms with Crippen molar-refractivity contribution in [1.82, 2.24) is 14.9 Å². The van der Waals surface area contributed by atoms with Crippen molar-refractivity contribution in [3.8, 4) is 5.69 Å². The van der Waals surface area contributed by atoms with Gasteiger partial charge >= 0.3 is 11.8 Å². The molecule has 0 bridgehead atoms. The lowest BCUT2D eigenvalue weighted by molar-refractivity contribution is -0.145. The van der Waals surface area contributed by atoms with E-state index in [1.807, 2.05) is 19.9 Å². The zero-order valence-corrected chi connectivity index (χ0v) is 17.8. The lowest BCUT2D eigenvalue weighted by atomic mass is 10.1. The van der Waals surface area contributed by atoms with Gasteiger partial charge in [0.1, 0.15) is 0 Å². The van der Waals surface area contributed by atoms with Gasteiger partial charge in [0.25, 0.3) is 0 Å². The number of nitrogens with zero attached hydrogens (tertiary/aromatic N) is 3. The van der Waals surface area contributed by atoms with Gasteiger partial charge in [-0.25, -0.2) is 5.43 Å². The third-order valence-electron chi connectivity index (χ3n) is 5.68. The minimum Gasteiger partial charge on any atom is -0.334 e. The summed E-state index contributed by atoms with van der Waals surface area (Å²) in [5.74, 6) is -1.17. The Morgan fingerprint density at radius 1 is 0.966 bits per heavy atom. The lowest BCUT2D eigenvalue weighted by Crippen LogP contribution is -2.41. The van der Waals surface area contributed by atoms with Gasteiger partial charge in [-0.1, -0.05) is 18.9 Å². The van der Waals surface area contributed by atoms with Gasteiger partial charge in [-0.3, -0.25) is 9.59 Å². The van der Waals surface area contributed by atoms with E-state index in [2.05, 4.69) is 47.1 Å². The van der Waals surface area contributed by atoms with Gasteiger partial charge in [0.2, 0.25) is 0 Å². The van der Waals surface area contributed by atoms with E-state index < -0.39 is 11.8 Å². The molecule has 6 heteroatoms. The van der Waals surface area contributed by atoms with E-state index in [9.17, 15) is 9.59 Å². The second-order valence-electron chi connectivity index (χ2n) is 7.84. The first-order valence-corrected chi connectivity index (χ1v) is 10.3. The highest BCUT2D eigenvalue weighted by molar-refractivity contribution is 6.35. The fraction of sp³-hybridized carbons (Fsp3) is 0.435. The van der Waals surface area contributed by atoms with Crippen LogP contribution < -0.4 is 5.43 Å². The summed E-state index contributed by atoms with van der Waals surface area (Å²) in [6, 6.07) is 8.41. The predicted octanol–water partition coefficient (Wildman–Crippen LogP) is 3.56. The van der Waals surface area contributed by atoms with Crippen LogP contribution in [0, 0.1) is 27.7 Å². The van der Waals surface area contributed by atoms with Crippen molar-refractivity contribution in [2.24, 2.45) is 5.10 Å². The zero-order valence-electron chi connectivity index (χ0n) is 17.8. The van der Waals surface area contributed by atoms with E-state index in [0.29, 0.717) is 13.1 Å². The molecule has 1 saturated heterocycles. The molecule has 154 valence electrons. The highest BCUT2D eigenvalue weighted by atomic mass is 16.2. The maximum atomic E-state index is 12.3. The largest absolute Gasteiger partial charge is 0.334 e. The summed E-state index contributed by atoms with van der Waals surface area (Å²) >= 11 is 0. The SMILES string of the molecule is Cc1ccc(-n2c(C)cc(/C=N\NC(=O)C(=O)N3CCCCCC3)c2C)cc1C. The normalized spacial score (nSPS) is 14.8. The second-order valence-corrected chi connectivity index (χ2v) is 7.84. The average molecular weight is 395 g/mol. The quantitative estimate of drug-likeness (QED) is 0.491. The Balaban J connectivity index is 1.70. The second kappa shape index (κ2) is 9.07. The summed E-state index contributed by atoms with van der Waals surface area (Å²) in [4.78, 5) is 26.1. The van der Waals surface area contributed by atoms with E-state index in [1.54, 1.807) is 11.1 Å². The number of nitrogens with one attached hydrogen (secondary N) is 1. The fourth-order valence-corrected chi connectivity index (χ4v) is 3.81. The number of aryl methyl sites for hydroxylation is 3. The molecule has 1 aromatic carbocycles. The molecule has 2 heterocycles. The van der Waals surface area contributed by atoms with Crippen molar-refractivity contribution in [3.05, 3.63) is 52.3 Å². The number of hydrazone groups is 1. The highest BCUT2D eigenvalue weighted by Gasteiger charge is 2.22. The van der Waals surface area contributed by atoms with Crippen LogP contribution in [0.5, 0.6) is 0 Å². The molecule has 29 heavy (non-hydrogen) atoms. The third-order valence-corrected chi connectivity index (χ3v) is 5.68. The van der Waals surface area contributed by atoms with E-state index in [-0.39, 0.29) is 0 Å². The van der Waals surface area contributed by atoms with Crippen molar-refractivity contribution in [2.45, 2.75) is 53.4 Å². The number of hydrogen-bond donors (Lipinski definition) is 1. The molecule has 3 rings (SSSR count). The van der Waals surface area contributed by atoms with Gasteiger partial charge in [0.15, 0.2) is 0 Å². The Bertz CT molecular complexity index is 935. The minimum absolute atomic E-state index is 0.496. The molecule has 2 amide bonds. The average Bonchev–Trinajstić information content (AvgIpc) is 2.88. The van der Waals surface area contributed by atoms with Gasteiger partial charge in [0.05, 0.1) is 6.21 Å². The van der Waals surface area contributed by atoms with Crippen molar-refractivity contribution in [2.75, 3.05) is 13.1 Å². The standard InChI is InChI=1S/C23H30N4O2/c1-16-9-10-21(13-17(16)2)27-18(3)14-20(19(27)4)15-24-25-22(28)23(29)26-11-7-5-6-8-12-26/h9-10,13-15H,5-8,11-12H2,1-4H3,(H,25,28)/b24-15-.